The highest BCUT2D eigenvalue weighted by molar-refractivity contribution is 5.84. The Kier molecular flexibility index (Phi) is 5.89. The molecular formula is C19H28O6. The molecule has 4 N–H and O–H groups in total. The third kappa shape index (κ3) is 3.44. The van der Waals surface area contributed by atoms with E-state index in [-0.39, 0.29) is 17.6 Å². The number of hydrogen-bond donors (Lipinski definition) is 4. The van der Waals surface area contributed by atoms with Crippen molar-refractivity contribution < 1.29 is 30.0 Å². The van der Waals surface area contributed by atoms with Gasteiger partial charge in [-0.1, -0.05) is 44.7 Å². The number of cyclic esters (lactones) is 1. The number of esters is 1. The number of carbonyl (C=O) groups is 1. The van der Waals surface area contributed by atoms with Gasteiger partial charge in [-0.15, -0.1) is 0 Å². The van der Waals surface area contributed by atoms with Gasteiger partial charge >= 0.3 is 5.97 Å². The highest BCUT2D eigenvalue weighted by Crippen LogP contribution is 2.49. The maximum absolute atomic E-state index is 12.4. The standard InChI is InChI=1S/C19H28O6/c1-10(9-11(2)12(3)20)5-6-14-7-8-15(21)17(23)19(14)16(22)13(4)25-18(19)24/h5-8,10-12,14-17,20-23H,4,9H2,1-3H3/b6-5+/t10-,11-,12+,14+,15+,16-,17-,19-/m0/s1. The molecule has 0 aromatic heterocycles. The summed E-state index contributed by atoms with van der Waals surface area (Å²) in [5.41, 5.74) is -1.70. The predicted molar refractivity (Wildman–Crippen MR) is 92.1 cm³/mol. The largest absolute Gasteiger partial charge is 0.428 e. The molecule has 0 bridgehead atoms. The van der Waals surface area contributed by atoms with Crippen molar-refractivity contribution in [2.24, 2.45) is 23.2 Å². The molecule has 0 amide bonds. The summed E-state index contributed by atoms with van der Waals surface area (Å²) < 4.78 is 4.96. The molecule has 140 valence electrons. The molecule has 1 saturated heterocycles. The Morgan fingerprint density at radius 1 is 1.28 bits per heavy atom. The predicted octanol–water partition coefficient (Wildman–Crippen LogP) is 0.911. The van der Waals surface area contributed by atoms with Gasteiger partial charge in [-0.05, 0) is 25.2 Å². The van der Waals surface area contributed by atoms with E-state index >= 15 is 0 Å². The van der Waals surface area contributed by atoms with Gasteiger partial charge in [0.25, 0.3) is 0 Å². The summed E-state index contributed by atoms with van der Waals surface area (Å²) in [5, 5.41) is 40.5. The molecule has 6 nitrogen and oxygen atoms in total. The van der Waals surface area contributed by atoms with Gasteiger partial charge in [0.1, 0.15) is 23.4 Å². The number of carbonyl (C=O) groups excluding carboxylic acids is 1. The molecule has 1 heterocycles. The van der Waals surface area contributed by atoms with Crippen LogP contribution in [0.15, 0.2) is 36.6 Å². The van der Waals surface area contributed by atoms with Crippen LogP contribution in [-0.4, -0.2) is 50.8 Å². The maximum atomic E-state index is 12.4. The molecule has 2 aliphatic rings. The minimum Gasteiger partial charge on any atom is -0.428 e. The lowest BCUT2D eigenvalue weighted by Crippen LogP contribution is -2.57. The molecule has 1 aliphatic heterocycles. The molecule has 1 aliphatic carbocycles. The van der Waals surface area contributed by atoms with Gasteiger partial charge < -0.3 is 25.2 Å². The normalized spacial score (nSPS) is 39.0. The SMILES string of the molecule is C=C1OC(=O)[C@@]2([C@H](/C=C/[C@H](C)C[C@H](C)[C@@H](C)O)C=C[C@@H](O)[C@@H]2O)[C@H]1O. The van der Waals surface area contributed by atoms with Crippen LogP contribution in [0.5, 0.6) is 0 Å². The van der Waals surface area contributed by atoms with Gasteiger partial charge in [0.05, 0.1) is 12.2 Å². The van der Waals surface area contributed by atoms with E-state index in [1.54, 1.807) is 19.1 Å². The zero-order valence-corrected chi connectivity index (χ0v) is 14.9. The van der Waals surface area contributed by atoms with Crippen molar-refractivity contribution in [3.05, 3.63) is 36.6 Å². The van der Waals surface area contributed by atoms with E-state index in [1.807, 2.05) is 19.9 Å². The number of aliphatic hydroxyl groups is 4. The van der Waals surface area contributed by atoms with Gasteiger partial charge in [-0.3, -0.25) is 4.79 Å². The van der Waals surface area contributed by atoms with Crippen molar-refractivity contribution in [2.45, 2.75) is 51.6 Å². The molecular weight excluding hydrogens is 324 g/mol. The molecule has 0 saturated carbocycles. The lowest BCUT2D eigenvalue weighted by molar-refractivity contribution is -0.164. The summed E-state index contributed by atoms with van der Waals surface area (Å²) in [6, 6.07) is 0. The molecule has 1 spiro atoms. The van der Waals surface area contributed by atoms with Crippen molar-refractivity contribution in [3.63, 3.8) is 0 Å². The summed E-state index contributed by atoms with van der Waals surface area (Å²) in [6.07, 6.45) is 2.81. The molecule has 0 aromatic carbocycles. The smallest absolute Gasteiger partial charge is 0.324 e. The first-order valence-electron chi connectivity index (χ1n) is 8.62. The minimum atomic E-state index is -1.70. The fraction of sp³-hybridized carbons (Fsp3) is 0.632. The van der Waals surface area contributed by atoms with Crippen LogP contribution in [-0.2, 0) is 9.53 Å². The maximum Gasteiger partial charge on any atom is 0.324 e. The van der Waals surface area contributed by atoms with Gasteiger partial charge in [0.15, 0.2) is 0 Å². The fourth-order valence-corrected chi connectivity index (χ4v) is 3.61. The third-order valence-electron chi connectivity index (χ3n) is 5.43. The molecule has 25 heavy (non-hydrogen) atoms. The van der Waals surface area contributed by atoms with Crippen molar-refractivity contribution in [2.75, 3.05) is 0 Å². The van der Waals surface area contributed by atoms with Crippen LogP contribution < -0.4 is 0 Å². The van der Waals surface area contributed by atoms with E-state index < -0.39 is 41.7 Å². The van der Waals surface area contributed by atoms with E-state index in [4.69, 9.17) is 4.74 Å². The quantitative estimate of drug-likeness (QED) is 0.433. The van der Waals surface area contributed by atoms with Gasteiger partial charge in [-0.2, -0.15) is 0 Å². The zero-order valence-electron chi connectivity index (χ0n) is 14.9. The highest BCUT2D eigenvalue weighted by Gasteiger charge is 2.64. The van der Waals surface area contributed by atoms with Crippen molar-refractivity contribution in [1.29, 1.82) is 0 Å². The number of aliphatic hydroxyl groups excluding tert-OH is 4. The summed E-state index contributed by atoms with van der Waals surface area (Å²) in [5.74, 6) is -1.32. The Hall–Kier alpha value is -1.47. The van der Waals surface area contributed by atoms with Crippen molar-refractivity contribution >= 4 is 5.97 Å². The van der Waals surface area contributed by atoms with E-state index in [0.717, 1.165) is 6.42 Å². The van der Waals surface area contributed by atoms with Crippen LogP contribution in [0, 0.1) is 23.2 Å². The Morgan fingerprint density at radius 2 is 1.92 bits per heavy atom. The first-order valence-corrected chi connectivity index (χ1v) is 8.62. The van der Waals surface area contributed by atoms with Gasteiger partial charge in [-0.25, -0.2) is 0 Å². The molecule has 0 unspecified atom stereocenters. The molecule has 1 fully saturated rings. The average Bonchev–Trinajstić information content (AvgIpc) is 2.76. The first-order chi connectivity index (χ1) is 11.6. The average molecular weight is 352 g/mol. The Balaban J connectivity index is 2.28. The first kappa shape index (κ1) is 19.8. The van der Waals surface area contributed by atoms with Crippen LogP contribution in [0.3, 0.4) is 0 Å². The second kappa shape index (κ2) is 7.41. The number of allylic oxidation sites excluding steroid dienone is 3. The van der Waals surface area contributed by atoms with Crippen molar-refractivity contribution in [1.82, 2.24) is 0 Å². The topological polar surface area (TPSA) is 107 Å². The molecule has 6 heteroatoms. The fourth-order valence-electron chi connectivity index (χ4n) is 3.61. The lowest BCUT2D eigenvalue weighted by Gasteiger charge is -2.41. The summed E-state index contributed by atoms with van der Waals surface area (Å²) in [7, 11) is 0. The van der Waals surface area contributed by atoms with E-state index in [1.165, 1.54) is 6.08 Å². The van der Waals surface area contributed by atoms with Crippen LogP contribution in [0.1, 0.15) is 27.2 Å². The molecule has 0 radical (unpaired) electrons. The Labute approximate surface area is 148 Å². The van der Waals surface area contributed by atoms with Crippen LogP contribution in [0.2, 0.25) is 0 Å². The van der Waals surface area contributed by atoms with Crippen LogP contribution in [0.25, 0.3) is 0 Å². The van der Waals surface area contributed by atoms with Crippen LogP contribution >= 0.6 is 0 Å². The van der Waals surface area contributed by atoms with E-state index in [2.05, 4.69) is 6.58 Å². The van der Waals surface area contributed by atoms with Crippen LogP contribution in [0.4, 0.5) is 0 Å². The second-order valence-electron chi connectivity index (χ2n) is 7.35. The minimum absolute atomic E-state index is 0.115. The van der Waals surface area contributed by atoms with E-state index in [9.17, 15) is 25.2 Å². The molecule has 8 atom stereocenters. The number of rotatable bonds is 5. The molecule has 0 aromatic rings. The lowest BCUT2D eigenvalue weighted by atomic mass is 9.63. The van der Waals surface area contributed by atoms with Gasteiger partial charge in [0, 0.05) is 5.92 Å². The third-order valence-corrected chi connectivity index (χ3v) is 5.43. The number of ether oxygens (including phenoxy) is 1. The summed E-state index contributed by atoms with van der Waals surface area (Å²) in [4.78, 5) is 12.4. The summed E-state index contributed by atoms with van der Waals surface area (Å²) >= 11 is 0. The zero-order chi connectivity index (χ0) is 18.9. The Morgan fingerprint density at radius 3 is 2.44 bits per heavy atom. The van der Waals surface area contributed by atoms with Crippen molar-refractivity contribution in [3.8, 4) is 0 Å². The number of hydrogen-bond acceptors (Lipinski definition) is 6. The summed E-state index contributed by atoms with van der Waals surface area (Å²) in [6.45, 7) is 9.21. The highest BCUT2D eigenvalue weighted by atomic mass is 16.6. The van der Waals surface area contributed by atoms with Gasteiger partial charge in [0.2, 0.25) is 0 Å². The Bertz CT molecular complexity index is 580. The second-order valence-corrected chi connectivity index (χ2v) is 7.35. The molecule has 2 rings (SSSR count). The van der Waals surface area contributed by atoms with E-state index in [0.29, 0.717) is 0 Å². The monoisotopic (exact) mass is 352 g/mol.